The topological polar surface area (TPSA) is 120 Å². The predicted molar refractivity (Wildman–Crippen MR) is 82.9 cm³/mol. The van der Waals surface area contributed by atoms with E-state index in [9.17, 15) is 4.79 Å². The third kappa shape index (κ3) is 3.73. The van der Waals surface area contributed by atoms with Crippen molar-refractivity contribution in [2.75, 3.05) is 24.7 Å². The fourth-order valence-corrected chi connectivity index (χ4v) is 1.82. The van der Waals surface area contributed by atoms with Crippen LogP contribution in [0.2, 0.25) is 5.02 Å². The van der Waals surface area contributed by atoms with Gasteiger partial charge in [0.15, 0.2) is 5.82 Å². The summed E-state index contributed by atoms with van der Waals surface area (Å²) in [4.78, 5) is 25.3. The molecule has 0 aliphatic rings. The van der Waals surface area contributed by atoms with Crippen molar-refractivity contribution in [1.29, 1.82) is 0 Å². The summed E-state index contributed by atoms with van der Waals surface area (Å²) in [6.45, 7) is 0.00940. The molecule has 0 atom stereocenters. The Morgan fingerprint density at radius 3 is 2.68 bits per heavy atom. The molecule has 1 aromatic heterocycles. The molecule has 0 saturated carbocycles. The Balaban J connectivity index is 2.22. The predicted octanol–water partition coefficient (Wildman–Crippen LogP) is 0.851. The highest BCUT2D eigenvalue weighted by molar-refractivity contribution is 6.31. The summed E-state index contributed by atoms with van der Waals surface area (Å²) in [6, 6.07) is 4.59. The molecule has 1 amide bonds. The van der Waals surface area contributed by atoms with E-state index in [4.69, 9.17) is 27.8 Å². The Hall–Kier alpha value is -2.61. The van der Waals surface area contributed by atoms with Crippen molar-refractivity contribution >= 4 is 29.4 Å². The Morgan fingerprint density at radius 1 is 1.32 bits per heavy atom. The number of ether oxygens (including phenoxy) is 1. The van der Waals surface area contributed by atoms with Gasteiger partial charge in [-0.3, -0.25) is 4.79 Å². The van der Waals surface area contributed by atoms with Gasteiger partial charge in [-0.05, 0) is 18.2 Å². The molecule has 8 nitrogen and oxygen atoms in total. The highest BCUT2D eigenvalue weighted by atomic mass is 35.5. The molecule has 1 aromatic carbocycles. The van der Waals surface area contributed by atoms with Crippen molar-refractivity contribution in [1.82, 2.24) is 15.0 Å². The first-order chi connectivity index (χ1) is 10.4. The number of carbonyl (C=O) groups is 1. The average Bonchev–Trinajstić information content (AvgIpc) is 2.45. The van der Waals surface area contributed by atoms with E-state index in [-0.39, 0.29) is 18.1 Å². The van der Waals surface area contributed by atoms with Gasteiger partial charge in [-0.1, -0.05) is 11.6 Å². The van der Waals surface area contributed by atoms with Gasteiger partial charge in [-0.15, -0.1) is 0 Å². The second-order valence-corrected chi connectivity index (χ2v) is 5.03. The van der Waals surface area contributed by atoms with Crippen LogP contribution in [0.4, 0.5) is 11.9 Å². The summed E-state index contributed by atoms with van der Waals surface area (Å²) in [6.07, 6.45) is 0. The normalized spacial score (nSPS) is 10.3. The molecule has 1 heterocycles. The molecule has 22 heavy (non-hydrogen) atoms. The maximum Gasteiger partial charge on any atom is 0.252 e. The van der Waals surface area contributed by atoms with E-state index in [2.05, 4.69) is 15.0 Å². The van der Waals surface area contributed by atoms with Crippen molar-refractivity contribution in [2.24, 2.45) is 5.73 Å². The molecule has 0 spiro atoms. The van der Waals surface area contributed by atoms with E-state index in [1.807, 2.05) is 0 Å². The second-order valence-electron chi connectivity index (χ2n) is 4.60. The molecular weight excluding hydrogens is 308 g/mol. The number of anilines is 2. The van der Waals surface area contributed by atoms with E-state index >= 15 is 0 Å². The van der Waals surface area contributed by atoms with Crippen LogP contribution in [0.3, 0.4) is 0 Å². The first kappa shape index (κ1) is 15.8. The van der Waals surface area contributed by atoms with Gasteiger partial charge in [0, 0.05) is 19.1 Å². The fraction of sp³-hybridized carbons (Fsp3) is 0.231. The lowest BCUT2D eigenvalue weighted by atomic mass is 10.2. The van der Waals surface area contributed by atoms with Crippen molar-refractivity contribution in [3.05, 3.63) is 34.6 Å². The summed E-state index contributed by atoms with van der Waals surface area (Å²) in [7, 11) is 3.56. The number of nitrogen functional groups attached to an aromatic ring is 1. The monoisotopic (exact) mass is 322 g/mol. The van der Waals surface area contributed by atoms with Gasteiger partial charge in [0.2, 0.25) is 11.9 Å². The Bertz CT molecular complexity index is 707. The smallest absolute Gasteiger partial charge is 0.252 e. The van der Waals surface area contributed by atoms with E-state index in [1.165, 1.54) is 6.07 Å². The minimum absolute atomic E-state index is 0.00940. The van der Waals surface area contributed by atoms with Crippen LogP contribution < -0.4 is 21.1 Å². The maximum absolute atomic E-state index is 11.4. The van der Waals surface area contributed by atoms with Crippen molar-refractivity contribution in [3.63, 3.8) is 0 Å². The van der Waals surface area contributed by atoms with Crippen LogP contribution in [-0.2, 0) is 6.61 Å². The number of hydrogen-bond acceptors (Lipinski definition) is 7. The number of hydrogen-bond donors (Lipinski definition) is 2. The second kappa shape index (κ2) is 6.44. The Morgan fingerprint density at radius 2 is 2.05 bits per heavy atom. The maximum atomic E-state index is 11.4. The summed E-state index contributed by atoms with van der Waals surface area (Å²) >= 11 is 5.84. The number of benzene rings is 1. The van der Waals surface area contributed by atoms with Gasteiger partial charge in [0.1, 0.15) is 12.4 Å². The SMILES string of the molecule is CN(C)c1nc(N)nc(COc2ccc(Cl)cc2C(N)=O)n1. The van der Waals surface area contributed by atoms with Gasteiger partial charge in [0.25, 0.3) is 5.91 Å². The van der Waals surface area contributed by atoms with Gasteiger partial charge < -0.3 is 21.1 Å². The molecule has 0 aliphatic heterocycles. The number of aromatic nitrogens is 3. The lowest BCUT2D eigenvalue weighted by Crippen LogP contribution is -2.17. The van der Waals surface area contributed by atoms with Gasteiger partial charge in [0.05, 0.1) is 5.56 Å². The van der Waals surface area contributed by atoms with Crippen LogP contribution >= 0.6 is 11.6 Å². The zero-order valence-corrected chi connectivity index (χ0v) is 12.8. The Labute approximate surface area is 132 Å². The summed E-state index contributed by atoms with van der Waals surface area (Å²) in [5.41, 5.74) is 11.1. The van der Waals surface area contributed by atoms with Crippen LogP contribution in [0.25, 0.3) is 0 Å². The van der Waals surface area contributed by atoms with Crippen LogP contribution in [-0.4, -0.2) is 35.0 Å². The fourth-order valence-electron chi connectivity index (χ4n) is 1.65. The van der Waals surface area contributed by atoms with Gasteiger partial charge in [-0.2, -0.15) is 15.0 Å². The summed E-state index contributed by atoms with van der Waals surface area (Å²) < 4.78 is 5.54. The highest BCUT2D eigenvalue weighted by Gasteiger charge is 2.12. The van der Waals surface area contributed by atoms with E-state index in [0.717, 1.165) is 0 Å². The number of amides is 1. The van der Waals surface area contributed by atoms with Crippen LogP contribution in [0.5, 0.6) is 5.75 Å². The number of carbonyl (C=O) groups excluding carboxylic acids is 1. The van der Waals surface area contributed by atoms with Crippen molar-refractivity contribution in [2.45, 2.75) is 6.61 Å². The van der Waals surface area contributed by atoms with Gasteiger partial charge >= 0.3 is 0 Å². The molecular formula is C13H15ClN6O2. The number of nitrogens with zero attached hydrogens (tertiary/aromatic N) is 4. The van der Waals surface area contributed by atoms with Gasteiger partial charge in [-0.25, -0.2) is 0 Å². The van der Waals surface area contributed by atoms with E-state index < -0.39 is 5.91 Å². The van der Waals surface area contributed by atoms with E-state index in [1.54, 1.807) is 31.1 Å². The molecule has 0 bridgehead atoms. The third-order valence-electron chi connectivity index (χ3n) is 2.65. The largest absolute Gasteiger partial charge is 0.485 e. The van der Waals surface area contributed by atoms with E-state index in [0.29, 0.717) is 22.5 Å². The molecule has 0 saturated heterocycles. The molecule has 2 aromatic rings. The summed E-state index contributed by atoms with van der Waals surface area (Å²) in [5, 5.41) is 0.389. The first-order valence-electron chi connectivity index (χ1n) is 6.26. The lowest BCUT2D eigenvalue weighted by Gasteiger charge is -2.12. The van der Waals surface area contributed by atoms with Crippen molar-refractivity contribution in [3.8, 4) is 5.75 Å². The van der Waals surface area contributed by atoms with Crippen LogP contribution in [0, 0.1) is 0 Å². The Kier molecular flexibility index (Phi) is 4.62. The van der Waals surface area contributed by atoms with Crippen LogP contribution in [0.1, 0.15) is 16.2 Å². The molecule has 0 unspecified atom stereocenters. The molecule has 0 aliphatic carbocycles. The standard InChI is InChI=1S/C13H15ClN6O2/c1-20(2)13-18-10(17-12(16)19-13)6-22-9-4-3-7(14)5-8(9)11(15)21/h3-5H,6H2,1-2H3,(H2,15,21)(H2,16,17,18,19). The molecule has 116 valence electrons. The zero-order valence-electron chi connectivity index (χ0n) is 12.1. The zero-order chi connectivity index (χ0) is 16.3. The van der Waals surface area contributed by atoms with Crippen molar-refractivity contribution < 1.29 is 9.53 Å². The minimum Gasteiger partial charge on any atom is -0.485 e. The molecule has 2 rings (SSSR count). The average molecular weight is 323 g/mol. The molecule has 4 N–H and O–H groups in total. The lowest BCUT2D eigenvalue weighted by molar-refractivity contribution is 0.0995. The summed E-state index contributed by atoms with van der Waals surface area (Å²) in [5.74, 6) is 0.492. The highest BCUT2D eigenvalue weighted by Crippen LogP contribution is 2.23. The molecule has 0 radical (unpaired) electrons. The molecule has 9 heteroatoms. The number of nitrogens with two attached hydrogens (primary N) is 2. The minimum atomic E-state index is -0.637. The number of halogens is 1. The quantitative estimate of drug-likeness (QED) is 0.837. The number of rotatable bonds is 5. The third-order valence-corrected chi connectivity index (χ3v) is 2.89. The number of primary amides is 1. The molecule has 0 fully saturated rings. The first-order valence-corrected chi connectivity index (χ1v) is 6.64. The van der Waals surface area contributed by atoms with Crippen LogP contribution in [0.15, 0.2) is 18.2 Å².